The summed E-state index contributed by atoms with van der Waals surface area (Å²) < 4.78 is 33.4. The third kappa shape index (κ3) is 4.13. The van der Waals surface area contributed by atoms with Crippen LogP contribution in [0.25, 0.3) is 0 Å². The second-order valence-corrected chi connectivity index (χ2v) is 4.32. The molecule has 1 heterocycles. The van der Waals surface area contributed by atoms with Crippen LogP contribution in [-0.4, -0.2) is 48.7 Å². The van der Waals surface area contributed by atoms with Gasteiger partial charge in [-0.3, -0.25) is 14.4 Å². The van der Waals surface area contributed by atoms with E-state index in [1.807, 2.05) is 0 Å². The van der Waals surface area contributed by atoms with E-state index in [1.54, 1.807) is 0 Å². The lowest BCUT2D eigenvalue weighted by atomic mass is 9.98. The summed E-state index contributed by atoms with van der Waals surface area (Å²) in [5.74, 6) is -5.48. The molecule has 0 aromatic rings. The average molecular weight is 303 g/mol. The van der Waals surface area contributed by atoms with Crippen LogP contribution < -0.4 is 0 Å². The van der Waals surface area contributed by atoms with Crippen molar-refractivity contribution in [3.8, 4) is 6.07 Å². The Hall–Kier alpha value is -2.21. The summed E-state index contributed by atoms with van der Waals surface area (Å²) in [6.45, 7) is 2.59. The summed E-state index contributed by atoms with van der Waals surface area (Å²) in [7, 11) is 0. The van der Waals surface area contributed by atoms with Gasteiger partial charge in [0.1, 0.15) is 6.07 Å². The number of nitriles is 1. The molecule has 0 N–H and O–H groups in total. The third-order valence-electron chi connectivity index (χ3n) is 2.55. The van der Waals surface area contributed by atoms with E-state index in [0.717, 1.165) is 20.8 Å². The van der Waals surface area contributed by atoms with E-state index in [4.69, 9.17) is 19.5 Å². The number of carbonyl (C=O) groups excluding carboxylic acids is 3. The van der Waals surface area contributed by atoms with Gasteiger partial charge >= 0.3 is 23.8 Å². The van der Waals surface area contributed by atoms with Crippen LogP contribution in [0.3, 0.4) is 0 Å². The number of carbonyl (C=O) groups is 3. The van der Waals surface area contributed by atoms with Gasteiger partial charge in [-0.25, -0.2) is 0 Å². The minimum absolute atomic E-state index is 0.528. The van der Waals surface area contributed by atoms with Crippen molar-refractivity contribution in [1.29, 1.82) is 5.26 Å². The monoisotopic (exact) mass is 303 g/mol. The molecule has 4 atom stereocenters. The van der Waals surface area contributed by atoms with Crippen LogP contribution >= 0.6 is 0 Å². The second kappa shape index (κ2) is 6.49. The van der Waals surface area contributed by atoms with Crippen LogP contribution in [-0.2, 0) is 33.3 Å². The largest absolute Gasteiger partial charge is 0.456 e. The van der Waals surface area contributed by atoms with Gasteiger partial charge in [-0.05, 0) is 0 Å². The zero-order valence-corrected chi connectivity index (χ0v) is 11.6. The summed E-state index contributed by atoms with van der Waals surface area (Å²) >= 11 is 0. The van der Waals surface area contributed by atoms with Crippen molar-refractivity contribution in [2.24, 2.45) is 0 Å². The van der Waals surface area contributed by atoms with Crippen molar-refractivity contribution in [2.45, 2.75) is 44.9 Å². The van der Waals surface area contributed by atoms with Crippen LogP contribution in [0.2, 0.25) is 0 Å². The number of rotatable bonds is 3. The van der Waals surface area contributed by atoms with Gasteiger partial charge in [0.15, 0.2) is 12.2 Å². The zero-order chi connectivity index (χ0) is 16.2. The molecule has 0 amide bonds. The van der Waals surface area contributed by atoms with Gasteiger partial charge in [-0.1, -0.05) is 0 Å². The van der Waals surface area contributed by atoms with E-state index in [-0.39, 0.29) is 0 Å². The molecular weight excluding hydrogens is 289 g/mol. The molecule has 1 fully saturated rings. The molecule has 0 unspecified atom stereocenters. The highest BCUT2D eigenvalue weighted by atomic mass is 19.2. The third-order valence-corrected chi connectivity index (χ3v) is 2.55. The predicted octanol–water partition coefficient (Wildman–Crippen LogP) is 0.00108. The zero-order valence-electron chi connectivity index (χ0n) is 11.6. The fourth-order valence-corrected chi connectivity index (χ4v) is 1.85. The fraction of sp³-hybridized carbons (Fsp3) is 0.667. The number of esters is 3. The lowest BCUT2D eigenvalue weighted by Crippen LogP contribution is -2.61. The quantitative estimate of drug-likeness (QED) is 0.529. The molecule has 1 rings (SSSR count). The molecule has 0 bridgehead atoms. The minimum atomic E-state index is -3.01. The topological polar surface area (TPSA) is 112 Å². The molecule has 9 heteroatoms. The molecule has 0 saturated carbocycles. The van der Waals surface area contributed by atoms with Crippen LogP contribution in [0.15, 0.2) is 0 Å². The molecule has 1 saturated heterocycles. The summed E-state index contributed by atoms with van der Waals surface area (Å²) in [6, 6.07) is 1.21. The molecule has 0 radical (unpaired) electrons. The van der Waals surface area contributed by atoms with Gasteiger partial charge in [0.05, 0.1) is 6.61 Å². The summed E-state index contributed by atoms with van der Waals surface area (Å²) in [5.41, 5.74) is 0. The summed E-state index contributed by atoms with van der Waals surface area (Å²) in [5, 5.41) is 8.86. The Balaban J connectivity index is 3.13. The number of hydrogen-bond donors (Lipinski definition) is 0. The van der Waals surface area contributed by atoms with Gasteiger partial charge in [-0.15, -0.1) is 0 Å². The molecule has 116 valence electrons. The van der Waals surface area contributed by atoms with Gasteiger partial charge in [0.2, 0.25) is 6.10 Å². The van der Waals surface area contributed by atoms with E-state index in [9.17, 15) is 18.8 Å². The van der Waals surface area contributed by atoms with E-state index in [0.29, 0.717) is 0 Å². The summed E-state index contributed by atoms with van der Waals surface area (Å²) in [4.78, 5) is 33.2. The number of nitrogens with zero attached hydrogens (tertiary/aromatic N) is 1. The number of hydrogen-bond acceptors (Lipinski definition) is 8. The first-order valence-corrected chi connectivity index (χ1v) is 5.95. The first-order chi connectivity index (χ1) is 9.69. The van der Waals surface area contributed by atoms with Crippen LogP contribution in [0.4, 0.5) is 4.39 Å². The first-order valence-electron chi connectivity index (χ1n) is 5.95. The van der Waals surface area contributed by atoms with Crippen LogP contribution in [0.1, 0.15) is 20.8 Å². The molecule has 0 aromatic heterocycles. The van der Waals surface area contributed by atoms with Crippen LogP contribution in [0.5, 0.6) is 0 Å². The number of alkyl halides is 1. The lowest BCUT2D eigenvalue weighted by molar-refractivity contribution is -0.274. The van der Waals surface area contributed by atoms with Crippen molar-refractivity contribution >= 4 is 17.9 Å². The van der Waals surface area contributed by atoms with Gasteiger partial charge in [0, 0.05) is 20.8 Å². The lowest BCUT2D eigenvalue weighted by Gasteiger charge is -2.40. The first kappa shape index (κ1) is 16.8. The highest BCUT2D eigenvalue weighted by Crippen LogP contribution is 2.32. The predicted molar refractivity (Wildman–Crippen MR) is 62.1 cm³/mol. The van der Waals surface area contributed by atoms with Gasteiger partial charge in [-0.2, -0.15) is 9.65 Å². The maximum absolute atomic E-state index is 14.3. The normalized spacial score (nSPS) is 31.7. The average Bonchev–Trinajstić information content (AvgIpc) is 2.36. The highest BCUT2D eigenvalue weighted by Gasteiger charge is 2.57. The van der Waals surface area contributed by atoms with Crippen molar-refractivity contribution in [1.82, 2.24) is 0 Å². The second-order valence-electron chi connectivity index (χ2n) is 4.32. The molecule has 1 aliphatic rings. The molecule has 0 spiro atoms. The smallest absolute Gasteiger partial charge is 0.338 e. The van der Waals surface area contributed by atoms with Crippen molar-refractivity contribution < 1.29 is 37.7 Å². The van der Waals surface area contributed by atoms with E-state index in [1.165, 1.54) is 6.07 Å². The molecule has 21 heavy (non-hydrogen) atoms. The Labute approximate surface area is 119 Å². The SMILES string of the molecule is CC(=O)O[C@@H]1[C@@H](OC(C)=O)[C@](F)(C#N)OC[C@H]1OC(C)=O. The van der Waals surface area contributed by atoms with E-state index >= 15 is 0 Å². The standard InChI is InChI=1S/C12H14FNO7/c1-6(15)19-9-4-18-12(13,5-14)11(21-8(3)17)10(9)20-7(2)16/h9-11H,4H2,1-3H3/t9-,10+,11-,12+/m1/s1. The van der Waals surface area contributed by atoms with Crippen molar-refractivity contribution in [3.63, 3.8) is 0 Å². The number of ether oxygens (including phenoxy) is 4. The Morgan fingerprint density at radius 1 is 1.14 bits per heavy atom. The number of halogens is 1. The minimum Gasteiger partial charge on any atom is -0.456 e. The molecule has 0 aromatic carbocycles. The molecular formula is C12H14FNO7. The maximum atomic E-state index is 14.3. The van der Waals surface area contributed by atoms with E-state index < -0.39 is 48.7 Å². The van der Waals surface area contributed by atoms with Crippen molar-refractivity contribution in [3.05, 3.63) is 0 Å². The summed E-state index contributed by atoms with van der Waals surface area (Å²) in [6.07, 6.45) is -4.57. The Morgan fingerprint density at radius 2 is 1.67 bits per heavy atom. The molecule has 1 aliphatic heterocycles. The Bertz CT molecular complexity index is 488. The maximum Gasteiger partial charge on any atom is 0.338 e. The Kier molecular flexibility index (Phi) is 5.21. The van der Waals surface area contributed by atoms with Crippen molar-refractivity contribution in [2.75, 3.05) is 6.61 Å². The Morgan fingerprint density at radius 3 is 2.10 bits per heavy atom. The molecule has 8 nitrogen and oxygen atoms in total. The highest BCUT2D eigenvalue weighted by molar-refractivity contribution is 5.68. The van der Waals surface area contributed by atoms with E-state index in [2.05, 4.69) is 4.74 Å². The van der Waals surface area contributed by atoms with Gasteiger partial charge in [0.25, 0.3) is 0 Å². The van der Waals surface area contributed by atoms with Gasteiger partial charge < -0.3 is 18.9 Å². The molecule has 0 aliphatic carbocycles. The van der Waals surface area contributed by atoms with Crippen LogP contribution in [0, 0.1) is 11.3 Å². The fourth-order valence-electron chi connectivity index (χ4n) is 1.85.